The minimum Gasteiger partial charge on any atom is -0.405 e. The molecule has 5 N–H and O–H groups in total. The maximum absolute atomic E-state index is 5.74. The molecule has 0 unspecified atom stereocenters. The van der Waals surface area contributed by atoms with Crippen LogP contribution < -0.4 is 16.8 Å². The van der Waals surface area contributed by atoms with Crippen molar-refractivity contribution in [1.29, 1.82) is 0 Å². The van der Waals surface area contributed by atoms with Crippen molar-refractivity contribution in [2.24, 2.45) is 5.73 Å². The number of rotatable bonds is 9. The lowest BCUT2D eigenvalue weighted by atomic mass is 10.1. The van der Waals surface area contributed by atoms with Crippen molar-refractivity contribution >= 4 is 22.8 Å². The van der Waals surface area contributed by atoms with Gasteiger partial charge in [0.25, 0.3) is 0 Å². The van der Waals surface area contributed by atoms with Crippen LogP contribution in [0.1, 0.15) is 10.6 Å². The molecule has 2 heterocycles. The maximum Gasteiger partial charge on any atom is 0.131 e. The highest BCUT2D eigenvalue weighted by Gasteiger charge is 2.07. The Morgan fingerprint density at radius 2 is 1.93 bits per heavy atom. The summed E-state index contributed by atoms with van der Waals surface area (Å²) in [5, 5.41) is 4.28. The molecule has 0 radical (unpaired) electrons. The number of anilines is 2. The molecule has 0 atom stereocenters. The van der Waals surface area contributed by atoms with Gasteiger partial charge in [0.05, 0.1) is 15.6 Å². The zero-order chi connectivity index (χ0) is 21.3. The Morgan fingerprint density at radius 1 is 1.13 bits per heavy atom. The van der Waals surface area contributed by atoms with E-state index < -0.39 is 0 Å². The Hall–Kier alpha value is -3.64. The summed E-state index contributed by atoms with van der Waals surface area (Å²) in [6, 6.07) is 13.8. The quantitative estimate of drug-likeness (QED) is 0.335. The number of nitrogens with two attached hydrogens (primary N) is 2. The summed E-state index contributed by atoms with van der Waals surface area (Å²) in [6.07, 6.45) is 10.5. The molecule has 152 valence electrons. The van der Waals surface area contributed by atoms with Crippen molar-refractivity contribution in [3.05, 3.63) is 108 Å². The lowest BCUT2D eigenvalue weighted by Gasteiger charge is -2.07. The van der Waals surface area contributed by atoms with Crippen molar-refractivity contribution in [2.75, 3.05) is 11.1 Å². The van der Waals surface area contributed by atoms with E-state index in [0.29, 0.717) is 11.5 Å². The largest absolute Gasteiger partial charge is 0.405 e. The predicted molar refractivity (Wildman–Crippen MR) is 128 cm³/mol. The van der Waals surface area contributed by atoms with Crippen molar-refractivity contribution in [3.8, 4) is 10.6 Å². The smallest absolute Gasteiger partial charge is 0.131 e. The van der Waals surface area contributed by atoms with E-state index in [1.807, 2.05) is 42.6 Å². The molecule has 0 saturated heterocycles. The average Bonchev–Trinajstić information content (AvgIpc) is 3.22. The molecular weight excluding hydrogens is 390 g/mol. The summed E-state index contributed by atoms with van der Waals surface area (Å²) in [5.74, 6) is 0.714. The molecule has 1 aromatic carbocycles. The minimum absolute atomic E-state index is 0.696. The summed E-state index contributed by atoms with van der Waals surface area (Å²) in [7, 11) is 0. The standard InChI is InChI=1S/C24H25N5S/c1-3-18(13-14-25)15-17(2)28-23-6-4-5-21(29-23)22-16-27-24(30-22)12-9-19-7-10-20(26)11-8-19/h3-8,10-11,13-16H,1-2,9,12,25-26H2,(H,28,29)/b14-13-,18-15-. The molecule has 2 aromatic heterocycles. The van der Waals surface area contributed by atoms with Gasteiger partial charge in [0.2, 0.25) is 0 Å². The molecule has 3 rings (SSSR count). The molecule has 0 spiro atoms. The Bertz CT molecular complexity index is 1080. The van der Waals surface area contributed by atoms with Crippen molar-refractivity contribution < 1.29 is 0 Å². The van der Waals surface area contributed by atoms with E-state index in [-0.39, 0.29) is 0 Å². The van der Waals surface area contributed by atoms with Crippen LogP contribution in [0.25, 0.3) is 10.6 Å². The molecule has 0 amide bonds. The molecule has 30 heavy (non-hydrogen) atoms. The highest BCUT2D eigenvalue weighted by Crippen LogP contribution is 2.26. The summed E-state index contributed by atoms with van der Waals surface area (Å²) in [5.41, 5.74) is 15.6. The Morgan fingerprint density at radius 3 is 2.67 bits per heavy atom. The number of aromatic nitrogens is 2. The number of hydrogen-bond donors (Lipinski definition) is 3. The molecule has 0 bridgehead atoms. The van der Waals surface area contributed by atoms with Crippen molar-refractivity contribution in [2.45, 2.75) is 12.8 Å². The van der Waals surface area contributed by atoms with Gasteiger partial charge in [-0.3, -0.25) is 0 Å². The summed E-state index contributed by atoms with van der Waals surface area (Å²) in [6.45, 7) is 7.78. The Labute approximate surface area is 181 Å². The molecule has 0 fully saturated rings. The molecular formula is C24H25N5S. The van der Waals surface area contributed by atoms with Crippen LogP contribution >= 0.6 is 11.3 Å². The summed E-state index contributed by atoms with van der Waals surface area (Å²) < 4.78 is 0. The van der Waals surface area contributed by atoms with Crippen LogP contribution in [0.15, 0.2) is 97.5 Å². The van der Waals surface area contributed by atoms with Gasteiger partial charge in [0.1, 0.15) is 5.82 Å². The number of benzene rings is 1. The highest BCUT2D eigenvalue weighted by molar-refractivity contribution is 7.15. The normalized spacial score (nSPS) is 11.5. The molecule has 6 heteroatoms. The lowest BCUT2D eigenvalue weighted by Crippen LogP contribution is -1.99. The second-order valence-corrected chi connectivity index (χ2v) is 7.74. The van der Waals surface area contributed by atoms with Gasteiger partial charge in [-0.25, -0.2) is 9.97 Å². The van der Waals surface area contributed by atoms with Crippen LogP contribution in [0.5, 0.6) is 0 Å². The minimum atomic E-state index is 0.696. The third-order valence-corrected chi connectivity index (χ3v) is 5.40. The first kappa shape index (κ1) is 21.1. The molecule has 0 saturated carbocycles. The van der Waals surface area contributed by atoms with Gasteiger partial charge in [-0.15, -0.1) is 11.3 Å². The zero-order valence-corrected chi connectivity index (χ0v) is 17.5. The number of aryl methyl sites for hydroxylation is 2. The molecule has 3 aromatic rings. The van der Waals surface area contributed by atoms with Gasteiger partial charge < -0.3 is 16.8 Å². The zero-order valence-electron chi connectivity index (χ0n) is 16.7. The highest BCUT2D eigenvalue weighted by atomic mass is 32.1. The number of nitrogen functional groups attached to an aromatic ring is 1. The first-order chi connectivity index (χ1) is 14.6. The number of nitrogens with zero attached hydrogens (tertiary/aromatic N) is 2. The summed E-state index contributed by atoms with van der Waals surface area (Å²) >= 11 is 1.66. The third kappa shape index (κ3) is 5.93. The number of hydrogen-bond acceptors (Lipinski definition) is 6. The van der Waals surface area contributed by atoms with Gasteiger partial charge in [-0.2, -0.15) is 0 Å². The number of pyridine rings is 1. The number of thiazole rings is 1. The van der Waals surface area contributed by atoms with Crippen LogP contribution in [0.2, 0.25) is 0 Å². The summed E-state index contributed by atoms with van der Waals surface area (Å²) in [4.78, 5) is 10.3. The third-order valence-electron chi connectivity index (χ3n) is 4.32. The Kier molecular flexibility index (Phi) is 7.19. The number of nitrogens with one attached hydrogen (secondary N) is 1. The van der Waals surface area contributed by atoms with E-state index in [1.54, 1.807) is 23.5 Å². The predicted octanol–water partition coefficient (Wildman–Crippen LogP) is 5.08. The van der Waals surface area contributed by atoms with Crippen LogP contribution in [0.4, 0.5) is 11.5 Å². The topological polar surface area (TPSA) is 89.8 Å². The first-order valence-corrected chi connectivity index (χ1v) is 10.3. The van der Waals surface area contributed by atoms with Crippen LogP contribution in [0, 0.1) is 0 Å². The van der Waals surface area contributed by atoms with Gasteiger partial charge in [-0.1, -0.05) is 37.4 Å². The van der Waals surface area contributed by atoms with Crippen LogP contribution in [-0.4, -0.2) is 9.97 Å². The van der Waals surface area contributed by atoms with Crippen LogP contribution in [0.3, 0.4) is 0 Å². The fourth-order valence-electron chi connectivity index (χ4n) is 2.81. The van der Waals surface area contributed by atoms with E-state index in [0.717, 1.165) is 39.7 Å². The molecule has 0 aliphatic heterocycles. The monoisotopic (exact) mass is 415 g/mol. The van der Waals surface area contributed by atoms with Gasteiger partial charge in [0, 0.05) is 24.0 Å². The van der Waals surface area contributed by atoms with Gasteiger partial charge in [-0.05, 0) is 60.2 Å². The fourth-order valence-corrected chi connectivity index (χ4v) is 3.70. The van der Waals surface area contributed by atoms with E-state index in [1.165, 1.54) is 11.8 Å². The van der Waals surface area contributed by atoms with E-state index in [9.17, 15) is 0 Å². The van der Waals surface area contributed by atoms with E-state index >= 15 is 0 Å². The molecule has 5 nitrogen and oxygen atoms in total. The van der Waals surface area contributed by atoms with Crippen molar-refractivity contribution in [3.63, 3.8) is 0 Å². The second kappa shape index (κ2) is 10.2. The van der Waals surface area contributed by atoms with E-state index in [2.05, 4.69) is 35.6 Å². The molecule has 0 aliphatic rings. The second-order valence-electron chi connectivity index (χ2n) is 6.63. The number of allylic oxidation sites excluding steroid dienone is 4. The maximum atomic E-state index is 5.74. The first-order valence-electron chi connectivity index (χ1n) is 9.52. The average molecular weight is 416 g/mol. The Balaban J connectivity index is 1.66. The van der Waals surface area contributed by atoms with Crippen LogP contribution in [-0.2, 0) is 12.8 Å². The lowest BCUT2D eigenvalue weighted by molar-refractivity contribution is 0.944. The fraction of sp³-hybridized carbons (Fsp3) is 0.0833. The van der Waals surface area contributed by atoms with Gasteiger partial charge in [0.15, 0.2) is 0 Å². The SMILES string of the molecule is C=CC(/C=C\N)=C/C(=C)Nc1cccc(-c2cnc(CCc3ccc(N)cc3)s2)n1. The van der Waals surface area contributed by atoms with Gasteiger partial charge >= 0.3 is 0 Å². The van der Waals surface area contributed by atoms with E-state index in [4.69, 9.17) is 16.5 Å². The molecule has 0 aliphatic carbocycles. The van der Waals surface area contributed by atoms with Crippen molar-refractivity contribution in [1.82, 2.24) is 9.97 Å².